The number of urea groups is 1. The van der Waals surface area contributed by atoms with Gasteiger partial charge in [0.25, 0.3) is 15.6 Å². The summed E-state index contributed by atoms with van der Waals surface area (Å²) in [4.78, 5) is 33.4. The minimum absolute atomic E-state index is 0.0174. The summed E-state index contributed by atoms with van der Waals surface area (Å²) in [5.74, 6) is -0.0231. The first-order valence-corrected chi connectivity index (χ1v) is 11.9. The molecule has 2 aromatic heterocycles. The van der Waals surface area contributed by atoms with Crippen LogP contribution in [0.2, 0.25) is 0 Å². The van der Waals surface area contributed by atoms with Crippen LogP contribution in [-0.2, 0) is 10.0 Å². The molecule has 0 fully saturated rings. The Labute approximate surface area is 190 Å². The van der Waals surface area contributed by atoms with E-state index >= 15 is 0 Å². The topological polar surface area (TPSA) is 123 Å². The first kappa shape index (κ1) is 22.2. The fourth-order valence-corrected chi connectivity index (χ4v) is 5.91. The van der Waals surface area contributed by atoms with E-state index in [0.717, 1.165) is 17.8 Å². The van der Waals surface area contributed by atoms with E-state index in [0.29, 0.717) is 17.8 Å². The number of pyridine rings is 1. The molecular weight excluding hydrogens is 481 g/mol. The van der Waals surface area contributed by atoms with Crippen molar-refractivity contribution in [3.8, 4) is 5.82 Å². The number of hydrogen-bond donors (Lipinski definition) is 2. The number of sulfonamides is 1. The average molecular weight is 496 g/mol. The minimum atomic E-state index is -4.03. The van der Waals surface area contributed by atoms with E-state index in [-0.39, 0.29) is 21.1 Å². The summed E-state index contributed by atoms with van der Waals surface area (Å²) in [6.07, 6.45) is 3.07. The zero-order valence-electron chi connectivity index (χ0n) is 16.4. The number of thioether (sulfide) groups is 1. The third-order valence-electron chi connectivity index (χ3n) is 4.44. The smallest absolute Gasteiger partial charge is 0.306 e. The van der Waals surface area contributed by atoms with Gasteiger partial charge in [-0.1, -0.05) is 17.8 Å². The number of aryl methyl sites for hydroxylation is 1. The maximum Gasteiger partial charge on any atom is 0.333 e. The predicted octanol–water partition coefficient (Wildman–Crippen LogP) is 3.22. The number of aromatic nitrogens is 3. The Morgan fingerprint density at radius 2 is 2.09 bits per heavy atom. The molecule has 2 N–H and O–H groups in total. The number of nitrogens with zero attached hydrogens (tertiary/aromatic N) is 3. The fourth-order valence-electron chi connectivity index (χ4n) is 3.04. The van der Waals surface area contributed by atoms with Crippen molar-refractivity contribution in [2.24, 2.45) is 0 Å². The number of benzene rings is 1. The maximum atomic E-state index is 13.6. The second kappa shape index (κ2) is 8.52. The Morgan fingerprint density at radius 1 is 1.31 bits per heavy atom. The van der Waals surface area contributed by atoms with E-state index in [1.54, 1.807) is 6.92 Å². The van der Waals surface area contributed by atoms with Crippen LogP contribution in [0.4, 0.5) is 14.9 Å². The molecule has 1 atom stereocenters. The van der Waals surface area contributed by atoms with Crippen LogP contribution in [0.5, 0.6) is 0 Å². The third kappa shape index (κ3) is 4.47. The molecule has 0 aliphatic carbocycles. The zero-order chi connectivity index (χ0) is 23.0. The molecule has 1 aromatic carbocycles. The minimum Gasteiger partial charge on any atom is -0.306 e. The molecule has 2 amide bonds. The van der Waals surface area contributed by atoms with Gasteiger partial charge in [-0.15, -0.1) is 11.6 Å². The largest absolute Gasteiger partial charge is 0.333 e. The molecule has 166 valence electrons. The van der Waals surface area contributed by atoms with Crippen LogP contribution in [0.25, 0.3) is 16.7 Å². The number of hydrogen-bond acceptors (Lipinski definition) is 7. The van der Waals surface area contributed by atoms with Crippen LogP contribution in [0.1, 0.15) is 12.2 Å². The number of fused-ring (bicyclic) bond motifs is 1. The van der Waals surface area contributed by atoms with E-state index < -0.39 is 32.1 Å². The Kier molecular flexibility index (Phi) is 5.93. The van der Waals surface area contributed by atoms with E-state index in [9.17, 15) is 22.4 Å². The summed E-state index contributed by atoms with van der Waals surface area (Å²) in [5.41, 5.74) is 0.0524. The van der Waals surface area contributed by atoms with Gasteiger partial charge in [-0.05, 0) is 43.7 Å². The number of halogens is 2. The molecule has 0 bridgehead atoms. The molecule has 32 heavy (non-hydrogen) atoms. The summed E-state index contributed by atoms with van der Waals surface area (Å²) < 4.78 is 40.7. The number of nitrogens with one attached hydrogen (secondary N) is 2. The maximum absolute atomic E-state index is 13.6. The third-order valence-corrected chi connectivity index (χ3v) is 7.83. The van der Waals surface area contributed by atoms with Gasteiger partial charge in [0.2, 0.25) is 0 Å². The summed E-state index contributed by atoms with van der Waals surface area (Å²) in [7, 11) is -4.03. The van der Waals surface area contributed by atoms with Crippen molar-refractivity contribution in [3.05, 3.63) is 68.8 Å². The molecule has 9 nitrogen and oxygen atoms in total. The molecule has 0 saturated heterocycles. The Balaban J connectivity index is 1.54. The zero-order valence-corrected chi connectivity index (χ0v) is 18.8. The van der Waals surface area contributed by atoms with E-state index in [2.05, 4.69) is 15.3 Å². The molecule has 3 aromatic rings. The second-order valence-corrected chi connectivity index (χ2v) is 10.7. The lowest BCUT2D eigenvalue weighted by Gasteiger charge is -2.12. The standard InChI is InChI=1S/C19H15ClFN5O4S2/c1-10-23-14-4-2-11(21)8-13(14)18(27)26(10)16-6-3-12(9-22-16)24-19(28)25-32(29,30)17-7-5-15(20)31-17/h2-4,6-9,15H,5H2,1H3,(H2,24,25,28). The molecule has 1 unspecified atom stereocenters. The Bertz CT molecular complexity index is 1420. The number of carbonyl (C=O) groups is 1. The van der Waals surface area contributed by atoms with Gasteiger partial charge in [0, 0.05) is 0 Å². The summed E-state index contributed by atoms with van der Waals surface area (Å²) >= 11 is 6.82. The molecule has 1 aliphatic heterocycles. The van der Waals surface area contributed by atoms with Crippen molar-refractivity contribution in [3.63, 3.8) is 0 Å². The van der Waals surface area contributed by atoms with Gasteiger partial charge in [0.15, 0.2) is 0 Å². The number of allylic oxidation sites excluding steroid dienone is 1. The van der Waals surface area contributed by atoms with Crippen LogP contribution < -0.4 is 15.6 Å². The summed E-state index contributed by atoms with van der Waals surface area (Å²) in [6.45, 7) is 1.61. The van der Waals surface area contributed by atoms with Gasteiger partial charge in [-0.3, -0.25) is 4.79 Å². The quantitative estimate of drug-likeness (QED) is 0.532. The molecule has 4 rings (SSSR count). The average Bonchev–Trinajstić information content (AvgIpc) is 3.17. The van der Waals surface area contributed by atoms with Crippen molar-refractivity contribution >= 4 is 56.0 Å². The van der Waals surface area contributed by atoms with Crippen LogP contribution in [0.3, 0.4) is 0 Å². The van der Waals surface area contributed by atoms with Crippen molar-refractivity contribution in [1.29, 1.82) is 0 Å². The van der Waals surface area contributed by atoms with Crippen LogP contribution >= 0.6 is 23.4 Å². The first-order chi connectivity index (χ1) is 15.1. The van der Waals surface area contributed by atoms with E-state index in [4.69, 9.17) is 11.6 Å². The number of rotatable bonds is 4. The lowest BCUT2D eigenvalue weighted by Crippen LogP contribution is -2.34. The van der Waals surface area contributed by atoms with Gasteiger partial charge in [0.1, 0.15) is 21.7 Å². The van der Waals surface area contributed by atoms with Gasteiger partial charge < -0.3 is 5.32 Å². The highest BCUT2D eigenvalue weighted by Gasteiger charge is 2.27. The highest BCUT2D eigenvalue weighted by Crippen LogP contribution is 2.37. The normalized spacial score (nSPS) is 16.1. The van der Waals surface area contributed by atoms with Crippen molar-refractivity contribution in [1.82, 2.24) is 19.3 Å². The van der Waals surface area contributed by atoms with Crippen LogP contribution in [0.15, 0.2) is 51.6 Å². The van der Waals surface area contributed by atoms with Gasteiger partial charge in [-0.2, -0.15) is 0 Å². The molecule has 13 heteroatoms. The van der Waals surface area contributed by atoms with E-state index in [1.807, 2.05) is 4.72 Å². The summed E-state index contributed by atoms with van der Waals surface area (Å²) in [5, 5.41) is 2.46. The van der Waals surface area contributed by atoms with Gasteiger partial charge in [-0.25, -0.2) is 36.9 Å². The van der Waals surface area contributed by atoms with Crippen molar-refractivity contribution in [2.75, 3.05) is 5.32 Å². The molecular formula is C19H15ClFN5O4S2. The van der Waals surface area contributed by atoms with Crippen LogP contribution in [0, 0.1) is 12.7 Å². The SMILES string of the molecule is Cc1nc2ccc(F)cc2c(=O)n1-c1ccc(NC(=O)NS(=O)(=O)C2=CCC(Cl)S2)cn1. The molecule has 1 aliphatic rings. The first-order valence-electron chi connectivity index (χ1n) is 9.14. The molecule has 0 spiro atoms. The summed E-state index contributed by atoms with van der Waals surface area (Å²) in [6, 6.07) is 5.65. The van der Waals surface area contributed by atoms with E-state index in [1.165, 1.54) is 41.1 Å². The number of anilines is 1. The highest BCUT2D eigenvalue weighted by atomic mass is 35.5. The lowest BCUT2D eigenvalue weighted by atomic mass is 10.2. The molecule has 0 saturated carbocycles. The monoisotopic (exact) mass is 495 g/mol. The second-order valence-electron chi connectivity index (χ2n) is 6.71. The van der Waals surface area contributed by atoms with Crippen molar-refractivity contribution in [2.45, 2.75) is 18.1 Å². The highest BCUT2D eigenvalue weighted by molar-refractivity contribution is 8.19. The number of amides is 2. The molecule has 0 radical (unpaired) electrons. The van der Waals surface area contributed by atoms with Gasteiger partial charge >= 0.3 is 6.03 Å². The fraction of sp³-hybridized carbons (Fsp3) is 0.158. The molecule has 3 heterocycles. The lowest BCUT2D eigenvalue weighted by molar-refractivity contribution is 0.256. The van der Waals surface area contributed by atoms with Crippen LogP contribution in [-0.4, -0.2) is 33.7 Å². The van der Waals surface area contributed by atoms with Gasteiger partial charge in [0.05, 0.1) is 27.5 Å². The Hall–Kier alpha value is -2.96. The number of alkyl halides is 1. The Morgan fingerprint density at radius 3 is 2.75 bits per heavy atom. The van der Waals surface area contributed by atoms with Crippen molar-refractivity contribution < 1.29 is 17.6 Å². The number of carbonyl (C=O) groups excluding carboxylic acids is 1. The predicted molar refractivity (Wildman–Crippen MR) is 121 cm³/mol.